The summed E-state index contributed by atoms with van der Waals surface area (Å²) in [6, 6.07) is 34.2. The monoisotopic (exact) mass is 762 g/mol. The second kappa shape index (κ2) is 13.4. The van der Waals surface area contributed by atoms with E-state index in [-0.39, 0.29) is 11.9 Å². The molecule has 1 unspecified atom stereocenters. The number of aromatic nitrogens is 1. The van der Waals surface area contributed by atoms with Gasteiger partial charge in [-0.2, -0.15) is 0 Å². The fraction of sp³-hybridized carbons (Fsp3) is 0.300. The second-order valence-electron chi connectivity index (χ2n) is 13.1. The number of rotatable bonds is 8. The van der Waals surface area contributed by atoms with Gasteiger partial charge in [-0.15, -0.1) is 0 Å². The minimum absolute atomic E-state index is 0.0891. The SMILES string of the molecule is CC(C)c1cccc(C(C)C)c1[N](C(=O)c1cccc2ccc(-c3cccc4c3C(Nc3ccccc3)CCC4)nc12)[Hf]([CH3])[CH3]. The number of pyridine rings is 1. The van der Waals surface area contributed by atoms with Crippen LogP contribution in [0.3, 0.4) is 0 Å². The molecule has 5 heteroatoms. The van der Waals surface area contributed by atoms with Crippen molar-refractivity contribution >= 4 is 28.2 Å². The summed E-state index contributed by atoms with van der Waals surface area (Å²) in [5.74, 6) is 0.725. The Hall–Kier alpha value is -3.57. The molecule has 0 spiro atoms. The Morgan fingerprint density at radius 3 is 2.20 bits per heavy atom. The number of anilines is 2. The molecule has 1 heterocycles. The summed E-state index contributed by atoms with van der Waals surface area (Å²) in [5, 5.41) is 4.80. The standard InChI is InChI=1S/C38H39N3O.2CH3.Hf/c1-24(2)29-17-11-18-30(25(3)4)37(29)41-38(42)32-20-9-14-27-22-23-33(40-36(27)32)31-19-8-12-26-13-10-21-34(35(26)31)39-28-15-6-5-7-16-28;;;/h5-9,11-12,14-20,22-25,34,39H,10,13,21H2,1-4H3,(H,41,42);2*1H3;/q;;;+1/p-1. The van der Waals surface area contributed by atoms with Gasteiger partial charge in [0.2, 0.25) is 0 Å². The first-order valence-electron chi connectivity index (χ1n) is 16.4. The summed E-state index contributed by atoms with van der Waals surface area (Å²) >= 11 is -2.50. The van der Waals surface area contributed by atoms with Crippen LogP contribution in [0.1, 0.15) is 91.0 Å². The zero-order valence-corrected chi connectivity index (χ0v) is 31.0. The number of fused-ring (bicyclic) bond motifs is 2. The average molecular weight is 761 g/mol. The number of aryl methyl sites for hydroxylation is 1. The van der Waals surface area contributed by atoms with Crippen LogP contribution < -0.4 is 8.20 Å². The summed E-state index contributed by atoms with van der Waals surface area (Å²) in [5.41, 5.74) is 11.0. The van der Waals surface area contributed by atoms with E-state index >= 15 is 0 Å². The summed E-state index contributed by atoms with van der Waals surface area (Å²) < 4.78 is 6.87. The van der Waals surface area contributed by atoms with E-state index in [1.807, 2.05) is 12.1 Å². The number of nitrogens with one attached hydrogen (secondary N) is 1. The predicted octanol–water partition coefficient (Wildman–Crippen LogP) is 10.9. The van der Waals surface area contributed by atoms with Crippen molar-refractivity contribution in [2.45, 2.75) is 74.2 Å². The Labute approximate surface area is 276 Å². The van der Waals surface area contributed by atoms with Gasteiger partial charge in [-0.3, -0.25) is 0 Å². The number of benzene rings is 4. The molecule has 4 aromatic carbocycles. The van der Waals surface area contributed by atoms with Crippen molar-refractivity contribution in [2.75, 3.05) is 8.20 Å². The van der Waals surface area contributed by atoms with Crippen LogP contribution in [0.5, 0.6) is 0 Å². The molecule has 0 saturated carbocycles. The Balaban J connectivity index is 1.48. The van der Waals surface area contributed by atoms with E-state index < -0.39 is 21.7 Å². The van der Waals surface area contributed by atoms with Gasteiger partial charge < -0.3 is 0 Å². The van der Waals surface area contributed by atoms with Gasteiger partial charge in [0, 0.05) is 0 Å². The molecule has 1 amide bonds. The first kappa shape index (κ1) is 31.4. The fourth-order valence-corrected chi connectivity index (χ4v) is 11.3. The second-order valence-corrected chi connectivity index (χ2v) is 21.5. The predicted molar refractivity (Wildman–Crippen MR) is 186 cm³/mol. The van der Waals surface area contributed by atoms with E-state index in [0.717, 1.165) is 52.8 Å². The van der Waals surface area contributed by atoms with Crippen molar-refractivity contribution in [3.63, 3.8) is 0 Å². The maximum atomic E-state index is 14.8. The third kappa shape index (κ3) is 6.29. The van der Waals surface area contributed by atoms with Gasteiger partial charge >= 0.3 is 260 Å². The van der Waals surface area contributed by atoms with Crippen molar-refractivity contribution in [3.05, 3.63) is 125 Å². The summed E-state index contributed by atoms with van der Waals surface area (Å²) in [6.07, 6.45) is 3.29. The van der Waals surface area contributed by atoms with Gasteiger partial charge in [0.25, 0.3) is 0 Å². The number of carbonyl (C=O) groups excluding carboxylic acids is 1. The average Bonchev–Trinajstić information content (AvgIpc) is 3.04. The van der Waals surface area contributed by atoms with E-state index in [4.69, 9.17) is 4.98 Å². The third-order valence-corrected chi connectivity index (χ3v) is 13.8. The molecule has 1 N–H and O–H groups in total. The molecule has 0 bridgehead atoms. The number of carbonyl (C=O) groups is 1. The maximum absolute atomic E-state index is 14.8. The number of para-hydroxylation sites is 3. The van der Waals surface area contributed by atoms with Crippen molar-refractivity contribution in [1.29, 1.82) is 0 Å². The van der Waals surface area contributed by atoms with Crippen molar-refractivity contribution in [2.24, 2.45) is 0 Å². The molecule has 1 atom stereocenters. The molecule has 6 rings (SSSR count). The van der Waals surface area contributed by atoms with Crippen molar-refractivity contribution in [3.8, 4) is 11.3 Å². The van der Waals surface area contributed by atoms with Crippen LogP contribution in [0.2, 0.25) is 9.36 Å². The van der Waals surface area contributed by atoms with Crippen LogP contribution in [-0.2, 0) is 28.1 Å². The molecule has 229 valence electrons. The number of hydrogen-bond acceptors (Lipinski definition) is 3. The number of hydrogen-bond donors (Lipinski definition) is 1. The van der Waals surface area contributed by atoms with E-state index in [0.29, 0.717) is 17.4 Å². The molecule has 5 aromatic rings. The van der Waals surface area contributed by atoms with Crippen LogP contribution in [0.4, 0.5) is 11.4 Å². The molecule has 1 aromatic heterocycles. The quantitative estimate of drug-likeness (QED) is 0.160. The van der Waals surface area contributed by atoms with E-state index in [9.17, 15) is 4.79 Å². The van der Waals surface area contributed by atoms with Gasteiger partial charge in [0.05, 0.1) is 0 Å². The molecule has 0 saturated heterocycles. The van der Waals surface area contributed by atoms with Crippen LogP contribution in [0.15, 0.2) is 97.1 Å². The Morgan fingerprint density at radius 2 is 1.51 bits per heavy atom. The number of amides is 1. The van der Waals surface area contributed by atoms with Crippen LogP contribution >= 0.6 is 0 Å². The van der Waals surface area contributed by atoms with Crippen molar-refractivity contribution < 1.29 is 26.5 Å². The van der Waals surface area contributed by atoms with Gasteiger partial charge in [-0.1, -0.05) is 18.2 Å². The van der Waals surface area contributed by atoms with Gasteiger partial charge in [0.15, 0.2) is 0 Å². The zero-order chi connectivity index (χ0) is 31.7. The Morgan fingerprint density at radius 1 is 0.822 bits per heavy atom. The summed E-state index contributed by atoms with van der Waals surface area (Å²) in [4.78, 5) is 20.1. The van der Waals surface area contributed by atoms with Gasteiger partial charge in [-0.25, -0.2) is 0 Å². The summed E-state index contributed by atoms with van der Waals surface area (Å²) in [6.45, 7) is 8.92. The first-order valence-corrected chi connectivity index (χ1v) is 25.1. The Bertz CT molecular complexity index is 1800. The number of nitrogens with zero attached hydrogens (tertiary/aromatic N) is 2. The zero-order valence-electron chi connectivity index (χ0n) is 27.4. The normalized spacial score (nSPS) is 14.4. The topological polar surface area (TPSA) is 45.2 Å². The van der Waals surface area contributed by atoms with Gasteiger partial charge in [-0.05, 0) is 0 Å². The summed E-state index contributed by atoms with van der Waals surface area (Å²) in [7, 11) is 0. The van der Waals surface area contributed by atoms with Crippen LogP contribution in [0.25, 0.3) is 22.2 Å². The molecule has 45 heavy (non-hydrogen) atoms. The molecule has 4 nitrogen and oxygen atoms in total. The minimum atomic E-state index is -2.50. The third-order valence-electron chi connectivity index (χ3n) is 9.04. The molecule has 0 aliphatic heterocycles. The van der Waals surface area contributed by atoms with E-state index in [1.165, 1.54) is 22.3 Å². The molecule has 0 radical (unpaired) electrons. The molecule has 0 fully saturated rings. The van der Waals surface area contributed by atoms with E-state index in [2.05, 4.69) is 130 Å². The van der Waals surface area contributed by atoms with Crippen LogP contribution in [-0.4, -0.2) is 10.9 Å². The van der Waals surface area contributed by atoms with E-state index in [1.54, 1.807) is 0 Å². The van der Waals surface area contributed by atoms with Crippen molar-refractivity contribution in [1.82, 2.24) is 4.98 Å². The van der Waals surface area contributed by atoms with Gasteiger partial charge in [0.1, 0.15) is 0 Å². The first-order chi connectivity index (χ1) is 21.7. The van der Waals surface area contributed by atoms with Crippen LogP contribution in [0, 0.1) is 0 Å². The Kier molecular flexibility index (Phi) is 9.37. The molecular formula is C40H44HfN3O. The molecule has 1 aliphatic rings. The molecular weight excluding hydrogens is 717 g/mol. The fourth-order valence-electron chi connectivity index (χ4n) is 6.88. The molecule has 1 aliphatic carbocycles.